The molecule has 1 aliphatic heterocycles. The lowest BCUT2D eigenvalue weighted by Gasteiger charge is -2.32. The van der Waals surface area contributed by atoms with Crippen molar-refractivity contribution in [3.63, 3.8) is 0 Å². The molecule has 0 unspecified atom stereocenters. The lowest BCUT2D eigenvalue weighted by Crippen LogP contribution is -2.44. The number of piperazine rings is 1. The van der Waals surface area contributed by atoms with Crippen LogP contribution in [0.2, 0.25) is 0 Å². The van der Waals surface area contributed by atoms with Gasteiger partial charge in [-0.2, -0.15) is 5.10 Å². The summed E-state index contributed by atoms with van der Waals surface area (Å²) in [5.74, 6) is -0.237. The maximum atomic E-state index is 13.5. The molecule has 114 valence electrons. The lowest BCUT2D eigenvalue weighted by atomic mass is 10.1. The number of halogens is 1. The Morgan fingerprint density at radius 2 is 2.14 bits per heavy atom. The number of hydrogen-bond acceptors (Lipinski definition) is 4. The zero-order valence-corrected chi connectivity index (χ0v) is 12.9. The predicted octanol–water partition coefficient (Wildman–Crippen LogP) is 0.740. The van der Waals surface area contributed by atoms with E-state index in [0.717, 1.165) is 37.3 Å². The summed E-state index contributed by atoms with van der Waals surface area (Å²) in [5, 5.41) is 4.05. The van der Waals surface area contributed by atoms with Crippen LogP contribution >= 0.6 is 12.2 Å². The average Bonchev–Trinajstić information content (AvgIpc) is 2.43. The summed E-state index contributed by atoms with van der Waals surface area (Å²) in [6.45, 7) is 4.73. The quantitative estimate of drug-likeness (QED) is 0.488. The molecular formula is C14H20FN5S. The Labute approximate surface area is 129 Å². The van der Waals surface area contributed by atoms with E-state index in [9.17, 15) is 4.39 Å². The monoisotopic (exact) mass is 309 g/mol. The topological polar surface area (TPSA) is 56.9 Å². The summed E-state index contributed by atoms with van der Waals surface area (Å²) < 4.78 is 13.5. The number of nitrogens with two attached hydrogens (primary N) is 1. The van der Waals surface area contributed by atoms with Gasteiger partial charge in [0.25, 0.3) is 0 Å². The van der Waals surface area contributed by atoms with Gasteiger partial charge in [-0.3, -0.25) is 10.3 Å². The van der Waals surface area contributed by atoms with Crippen molar-refractivity contribution in [1.82, 2.24) is 15.2 Å². The van der Waals surface area contributed by atoms with Crippen molar-refractivity contribution in [2.75, 3.05) is 33.2 Å². The van der Waals surface area contributed by atoms with Crippen LogP contribution in [0.25, 0.3) is 0 Å². The second kappa shape index (κ2) is 7.44. The summed E-state index contributed by atoms with van der Waals surface area (Å²) in [5.41, 5.74) is 9.60. The van der Waals surface area contributed by atoms with Gasteiger partial charge in [-0.1, -0.05) is 6.07 Å². The van der Waals surface area contributed by atoms with Crippen molar-refractivity contribution in [3.8, 4) is 0 Å². The molecule has 0 spiro atoms. The second-order valence-electron chi connectivity index (χ2n) is 5.16. The highest BCUT2D eigenvalue weighted by Gasteiger charge is 2.15. The van der Waals surface area contributed by atoms with Gasteiger partial charge in [0, 0.05) is 32.7 Å². The molecular weight excluding hydrogens is 289 g/mol. The van der Waals surface area contributed by atoms with Crippen LogP contribution < -0.4 is 11.2 Å². The number of rotatable bonds is 4. The third-order valence-corrected chi connectivity index (χ3v) is 3.56. The first-order valence-corrected chi connectivity index (χ1v) is 7.23. The van der Waals surface area contributed by atoms with Crippen LogP contribution in [0.1, 0.15) is 11.1 Å². The summed E-state index contributed by atoms with van der Waals surface area (Å²) in [6.07, 6.45) is 1.62. The Balaban J connectivity index is 2.07. The van der Waals surface area contributed by atoms with Crippen LogP contribution in [0.5, 0.6) is 0 Å². The first kappa shape index (κ1) is 15.8. The molecule has 1 aromatic carbocycles. The fraction of sp³-hybridized carbons (Fsp3) is 0.429. The molecule has 0 aliphatic carbocycles. The van der Waals surface area contributed by atoms with E-state index in [1.54, 1.807) is 18.3 Å². The van der Waals surface area contributed by atoms with Gasteiger partial charge in [0.1, 0.15) is 5.82 Å². The number of benzene rings is 1. The fourth-order valence-electron chi connectivity index (χ4n) is 2.25. The second-order valence-corrected chi connectivity index (χ2v) is 5.60. The fourth-order valence-corrected chi connectivity index (χ4v) is 2.30. The Morgan fingerprint density at radius 3 is 2.81 bits per heavy atom. The molecule has 1 aliphatic rings. The van der Waals surface area contributed by atoms with Gasteiger partial charge in [0.2, 0.25) is 0 Å². The first-order chi connectivity index (χ1) is 10.0. The van der Waals surface area contributed by atoms with Crippen LogP contribution in [0.15, 0.2) is 23.3 Å². The molecule has 0 radical (unpaired) electrons. The van der Waals surface area contributed by atoms with E-state index in [-0.39, 0.29) is 10.9 Å². The molecule has 0 amide bonds. The molecule has 1 fully saturated rings. The van der Waals surface area contributed by atoms with Crippen molar-refractivity contribution in [2.24, 2.45) is 10.8 Å². The normalized spacial score (nSPS) is 17.2. The van der Waals surface area contributed by atoms with Gasteiger partial charge in [-0.25, -0.2) is 4.39 Å². The largest absolute Gasteiger partial charge is 0.375 e. The van der Waals surface area contributed by atoms with Gasteiger partial charge in [0.05, 0.1) is 6.21 Å². The molecule has 5 nitrogen and oxygen atoms in total. The van der Waals surface area contributed by atoms with E-state index in [2.05, 4.69) is 39.6 Å². The maximum Gasteiger partial charge on any atom is 0.184 e. The third-order valence-electron chi connectivity index (χ3n) is 3.47. The van der Waals surface area contributed by atoms with E-state index in [4.69, 9.17) is 5.73 Å². The number of hydrazone groups is 1. The molecule has 2 rings (SSSR count). The Bertz CT molecular complexity index is 526. The van der Waals surface area contributed by atoms with Crippen molar-refractivity contribution >= 4 is 23.5 Å². The summed E-state index contributed by atoms with van der Waals surface area (Å²) in [4.78, 5) is 4.60. The summed E-state index contributed by atoms with van der Waals surface area (Å²) in [6, 6.07) is 4.70. The van der Waals surface area contributed by atoms with Crippen molar-refractivity contribution in [2.45, 2.75) is 6.54 Å². The SMILES string of the molecule is CN1CCN(Cc2cc(F)ccc2C=NNC(N)=S)CC1. The molecule has 0 atom stereocenters. The van der Waals surface area contributed by atoms with Crippen LogP contribution in [-0.2, 0) is 6.54 Å². The van der Waals surface area contributed by atoms with Gasteiger partial charge in [-0.05, 0) is 42.5 Å². The molecule has 0 bridgehead atoms. The van der Waals surface area contributed by atoms with Crippen molar-refractivity contribution < 1.29 is 4.39 Å². The molecule has 0 saturated carbocycles. The third kappa shape index (κ3) is 5.04. The van der Waals surface area contributed by atoms with Gasteiger partial charge in [-0.15, -0.1) is 0 Å². The highest BCUT2D eigenvalue weighted by atomic mass is 32.1. The Morgan fingerprint density at radius 1 is 1.43 bits per heavy atom. The Hall–Kier alpha value is -1.57. The number of nitrogens with zero attached hydrogens (tertiary/aromatic N) is 3. The number of likely N-dealkylation sites (N-methyl/N-ethyl adjacent to an activating group) is 1. The van der Waals surface area contributed by atoms with Crippen LogP contribution in [0.3, 0.4) is 0 Å². The zero-order valence-electron chi connectivity index (χ0n) is 12.1. The molecule has 21 heavy (non-hydrogen) atoms. The van der Waals surface area contributed by atoms with Crippen LogP contribution in [-0.4, -0.2) is 54.4 Å². The summed E-state index contributed by atoms with van der Waals surface area (Å²) in [7, 11) is 2.11. The van der Waals surface area contributed by atoms with E-state index in [1.807, 2.05) is 0 Å². The minimum absolute atomic E-state index is 0.106. The summed E-state index contributed by atoms with van der Waals surface area (Å²) >= 11 is 4.69. The predicted molar refractivity (Wildman–Crippen MR) is 86.7 cm³/mol. The number of hydrogen-bond donors (Lipinski definition) is 2. The minimum Gasteiger partial charge on any atom is -0.375 e. The van der Waals surface area contributed by atoms with Crippen LogP contribution in [0, 0.1) is 5.82 Å². The minimum atomic E-state index is -0.237. The van der Waals surface area contributed by atoms with Gasteiger partial charge < -0.3 is 10.6 Å². The van der Waals surface area contributed by atoms with Crippen LogP contribution in [0.4, 0.5) is 4.39 Å². The number of nitrogens with one attached hydrogen (secondary N) is 1. The number of thiocarbonyl (C=S) groups is 1. The van der Waals surface area contributed by atoms with E-state index >= 15 is 0 Å². The van der Waals surface area contributed by atoms with E-state index in [0.29, 0.717) is 6.54 Å². The van der Waals surface area contributed by atoms with Crippen molar-refractivity contribution in [1.29, 1.82) is 0 Å². The lowest BCUT2D eigenvalue weighted by molar-refractivity contribution is 0.148. The zero-order chi connectivity index (χ0) is 15.2. The Kier molecular flexibility index (Phi) is 5.60. The smallest absolute Gasteiger partial charge is 0.184 e. The van der Waals surface area contributed by atoms with Crippen molar-refractivity contribution in [3.05, 3.63) is 35.1 Å². The highest BCUT2D eigenvalue weighted by Crippen LogP contribution is 2.14. The molecule has 1 saturated heterocycles. The van der Waals surface area contributed by atoms with Gasteiger partial charge >= 0.3 is 0 Å². The maximum absolute atomic E-state index is 13.5. The average molecular weight is 309 g/mol. The van der Waals surface area contributed by atoms with Gasteiger partial charge in [0.15, 0.2) is 5.11 Å². The molecule has 3 N–H and O–H groups in total. The molecule has 0 aromatic heterocycles. The molecule has 7 heteroatoms. The molecule has 1 aromatic rings. The standard InChI is InChI=1S/C14H20FN5S/c1-19-4-6-20(7-5-19)10-12-8-13(15)3-2-11(12)9-17-18-14(16)21/h2-3,8-9H,4-7,10H2,1H3,(H3,16,18,21). The highest BCUT2D eigenvalue weighted by molar-refractivity contribution is 7.80. The van der Waals surface area contributed by atoms with E-state index in [1.165, 1.54) is 6.07 Å². The first-order valence-electron chi connectivity index (χ1n) is 6.82. The van der Waals surface area contributed by atoms with E-state index < -0.39 is 0 Å². The molecule has 1 heterocycles.